The minimum absolute atomic E-state index is 0.0585. The van der Waals surface area contributed by atoms with Crippen molar-refractivity contribution in [2.45, 2.75) is 52.3 Å². The fourth-order valence-corrected chi connectivity index (χ4v) is 2.66. The lowest BCUT2D eigenvalue weighted by atomic mass is 10.0. The van der Waals surface area contributed by atoms with Crippen LogP contribution in [-0.2, 0) is 10.9 Å². The van der Waals surface area contributed by atoms with E-state index in [9.17, 15) is 22.4 Å². The summed E-state index contributed by atoms with van der Waals surface area (Å²) in [6, 6.07) is 0. The zero-order valence-corrected chi connectivity index (χ0v) is 16.7. The van der Waals surface area contributed by atoms with E-state index in [1.165, 1.54) is 12.2 Å². The van der Waals surface area contributed by atoms with E-state index in [1.54, 1.807) is 20.8 Å². The van der Waals surface area contributed by atoms with Crippen LogP contribution in [0.25, 0.3) is 5.57 Å². The molecular formula is C20H23F4N3O2. The number of alkyl carbamates (subject to hydrolysis) is 1. The van der Waals surface area contributed by atoms with Gasteiger partial charge < -0.3 is 10.1 Å². The Morgan fingerprint density at radius 2 is 1.83 bits per heavy atom. The van der Waals surface area contributed by atoms with Crippen molar-refractivity contribution in [3.63, 3.8) is 0 Å². The number of nitrogens with zero attached hydrogens (tertiary/aromatic N) is 2. The smallest absolute Gasteiger partial charge is 0.444 e. The molecule has 2 rings (SSSR count). The van der Waals surface area contributed by atoms with E-state index in [2.05, 4.69) is 15.3 Å². The van der Waals surface area contributed by atoms with E-state index >= 15 is 0 Å². The summed E-state index contributed by atoms with van der Waals surface area (Å²) < 4.78 is 57.8. The topological polar surface area (TPSA) is 64.1 Å². The van der Waals surface area contributed by atoms with Crippen molar-refractivity contribution < 1.29 is 27.1 Å². The van der Waals surface area contributed by atoms with E-state index in [0.717, 1.165) is 18.0 Å². The van der Waals surface area contributed by atoms with Gasteiger partial charge in [0, 0.05) is 30.1 Å². The fraction of sp³-hybridized carbons (Fsp3) is 0.450. The van der Waals surface area contributed by atoms with Crippen LogP contribution < -0.4 is 5.32 Å². The van der Waals surface area contributed by atoms with Crippen molar-refractivity contribution in [1.82, 2.24) is 15.3 Å². The number of halogens is 4. The molecule has 1 aliphatic rings. The monoisotopic (exact) mass is 413 g/mol. The maximum atomic E-state index is 14.6. The Kier molecular flexibility index (Phi) is 6.81. The quantitative estimate of drug-likeness (QED) is 0.675. The molecule has 1 heterocycles. The molecule has 5 nitrogen and oxygen atoms in total. The van der Waals surface area contributed by atoms with Crippen molar-refractivity contribution >= 4 is 11.7 Å². The zero-order chi connectivity index (χ0) is 21.8. The standard InChI is InChI=1S/C20H23F4N3O2/c1-5-12-6-7-16(21)15(14-10-25-17(26-11-14)20(22,23)24)8-13(12)9-27-18(28)29-19(2,3)4/h7-8,10-11H,5-6,9H2,1-4H3,(H,27,28). The van der Waals surface area contributed by atoms with Gasteiger partial charge in [-0.3, -0.25) is 0 Å². The van der Waals surface area contributed by atoms with Crippen molar-refractivity contribution in [3.8, 4) is 0 Å². The van der Waals surface area contributed by atoms with E-state index in [1.807, 2.05) is 6.92 Å². The van der Waals surface area contributed by atoms with Crippen molar-refractivity contribution in [1.29, 1.82) is 0 Å². The molecule has 0 spiro atoms. The van der Waals surface area contributed by atoms with Gasteiger partial charge in [0.2, 0.25) is 5.82 Å². The van der Waals surface area contributed by atoms with Gasteiger partial charge in [-0.2, -0.15) is 13.2 Å². The zero-order valence-electron chi connectivity index (χ0n) is 16.7. The third-order valence-corrected chi connectivity index (χ3v) is 4.02. The van der Waals surface area contributed by atoms with Gasteiger partial charge in [-0.1, -0.05) is 12.5 Å². The van der Waals surface area contributed by atoms with Crippen molar-refractivity contribution in [3.05, 3.63) is 52.9 Å². The van der Waals surface area contributed by atoms with Gasteiger partial charge in [-0.15, -0.1) is 0 Å². The number of alkyl halides is 3. The average Bonchev–Trinajstić information content (AvgIpc) is 2.76. The van der Waals surface area contributed by atoms with Gasteiger partial charge in [0.15, 0.2) is 0 Å². The summed E-state index contributed by atoms with van der Waals surface area (Å²) in [6.07, 6.45) is 0.352. The predicted molar refractivity (Wildman–Crippen MR) is 100 cm³/mol. The minimum Gasteiger partial charge on any atom is -0.444 e. The SMILES string of the molecule is CCC1=C(CNC(=O)OC(C)(C)C)C=C(c2cnc(C(F)(F)F)nc2)C(F)=CC1. The van der Waals surface area contributed by atoms with Gasteiger partial charge in [0.1, 0.15) is 11.4 Å². The lowest BCUT2D eigenvalue weighted by molar-refractivity contribution is -0.145. The first-order valence-corrected chi connectivity index (χ1v) is 9.05. The van der Waals surface area contributed by atoms with Crippen LogP contribution in [0.3, 0.4) is 0 Å². The number of rotatable bonds is 4. The molecule has 9 heteroatoms. The highest BCUT2D eigenvalue weighted by molar-refractivity contribution is 5.79. The van der Waals surface area contributed by atoms with E-state index in [4.69, 9.17) is 4.74 Å². The van der Waals surface area contributed by atoms with Gasteiger partial charge in [0.05, 0.1) is 0 Å². The van der Waals surface area contributed by atoms with Gasteiger partial charge in [-0.05, 0) is 51.3 Å². The molecule has 0 fully saturated rings. The summed E-state index contributed by atoms with van der Waals surface area (Å²) >= 11 is 0. The van der Waals surface area contributed by atoms with E-state index < -0.39 is 29.5 Å². The second-order valence-electron chi connectivity index (χ2n) is 7.45. The highest BCUT2D eigenvalue weighted by Gasteiger charge is 2.34. The van der Waals surface area contributed by atoms with Gasteiger partial charge in [-0.25, -0.2) is 19.2 Å². The second-order valence-corrected chi connectivity index (χ2v) is 7.45. The van der Waals surface area contributed by atoms with Crippen LogP contribution in [0.5, 0.6) is 0 Å². The molecule has 0 radical (unpaired) electrons. The third kappa shape index (κ3) is 6.40. The van der Waals surface area contributed by atoms with E-state index in [0.29, 0.717) is 18.4 Å². The summed E-state index contributed by atoms with van der Waals surface area (Å²) in [5.41, 5.74) is 1.04. The molecule has 1 aromatic heterocycles. The molecule has 29 heavy (non-hydrogen) atoms. The van der Waals surface area contributed by atoms with Gasteiger partial charge >= 0.3 is 12.3 Å². The van der Waals surface area contributed by atoms with Crippen LogP contribution in [0.2, 0.25) is 0 Å². The first-order chi connectivity index (χ1) is 13.4. The lowest BCUT2D eigenvalue weighted by Gasteiger charge is -2.20. The summed E-state index contributed by atoms with van der Waals surface area (Å²) in [5.74, 6) is -1.89. The molecule has 0 bridgehead atoms. The Bertz CT molecular complexity index is 848. The second kappa shape index (κ2) is 8.75. The first-order valence-electron chi connectivity index (χ1n) is 9.05. The molecule has 0 atom stereocenters. The molecule has 158 valence electrons. The van der Waals surface area contributed by atoms with Gasteiger partial charge in [0.25, 0.3) is 0 Å². The Labute approximate surface area is 166 Å². The molecule has 1 aromatic rings. The summed E-state index contributed by atoms with van der Waals surface area (Å²) in [4.78, 5) is 18.5. The average molecular weight is 413 g/mol. The van der Waals surface area contributed by atoms with Crippen molar-refractivity contribution in [2.24, 2.45) is 0 Å². The molecule has 0 unspecified atom stereocenters. The molecule has 1 amide bonds. The number of ether oxygens (including phenoxy) is 1. The maximum absolute atomic E-state index is 14.6. The highest BCUT2D eigenvalue weighted by atomic mass is 19.4. The number of amides is 1. The lowest BCUT2D eigenvalue weighted by Crippen LogP contribution is -2.33. The number of aromatic nitrogens is 2. The highest BCUT2D eigenvalue weighted by Crippen LogP contribution is 2.32. The van der Waals surface area contributed by atoms with Crippen LogP contribution in [-0.4, -0.2) is 28.2 Å². The number of carbonyl (C=O) groups excluding carboxylic acids is 1. The van der Waals surface area contributed by atoms with Crippen LogP contribution in [0.15, 0.2) is 41.5 Å². The Morgan fingerprint density at radius 1 is 1.21 bits per heavy atom. The molecule has 1 N–H and O–H groups in total. The molecule has 0 aromatic carbocycles. The number of carbonyl (C=O) groups is 1. The summed E-state index contributed by atoms with van der Waals surface area (Å²) in [7, 11) is 0. The molecule has 0 saturated heterocycles. The maximum Gasteiger partial charge on any atom is 0.451 e. The Morgan fingerprint density at radius 3 is 2.34 bits per heavy atom. The third-order valence-electron chi connectivity index (χ3n) is 4.02. The Balaban J connectivity index is 2.31. The molecule has 0 saturated carbocycles. The van der Waals surface area contributed by atoms with Crippen LogP contribution in [0.1, 0.15) is 51.9 Å². The normalized spacial score (nSPS) is 15.4. The largest absolute Gasteiger partial charge is 0.451 e. The summed E-state index contributed by atoms with van der Waals surface area (Å²) in [5, 5.41) is 2.63. The number of allylic oxidation sites excluding steroid dienone is 4. The number of hydrogen-bond donors (Lipinski definition) is 1. The predicted octanol–water partition coefficient (Wildman–Crippen LogP) is 5.37. The minimum atomic E-state index is -4.68. The van der Waals surface area contributed by atoms with Crippen LogP contribution in [0, 0.1) is 0 Å². The van der Waals surface area contributed by atoms with E-state index in [-0.39, 0.29) is 17.7 Å². The molecular weight excluding hydrogens is 390 g/mol. The first kappa shape index (κ1) is 22.6. The number of nitrogens with one attached hydrogen (secondary N) is 1. The molecule has 1 aliphatic carbocycles. The number of hydrogen-bond acceptors (Lipinski definition) is 4. The van der Waals surface area contributed by atoms with Crippen LogP contribution >= 0.6 is 0 Å². The van der Waals surface area contributed by atoms with Crippen LogP contribution in [0.4, 0.5) is 22.4 Å². The molecule has 0 aliphatic heterocycles. The fourth-order valence-electron chi connectivity index (χ4n) is 2.66. The Hall–Kier alpha value is -2.71. The van der Waals surface area contributed by atoms with Crippen molar-refractivity contribution in [2.75, 3.05) is 6.54 Å². The summed E-state index contributed by atoms with van der Waals surface area (Å²) in [6.45, 7) is 7.18.